The van der Waals surface area contributed by atoms with Crippen molar-refractivity contribution in [1.82, 2.24) is 24.5 Å². The van der Waals surface area contributed by atoms with Gasteiger partial charge >= 0.3 is 0 Å². The molecule has 4 heterocycles. The molecule has 4 rings (SSSR count). The van der Waals surface area contributed by atoms with Crippen molar-refractivity contribution >= 4 is 17.5 Å². The molecule has 1 amide bonds. The number of carbonyl (C=O) groups excluding carboxylic acids is 1. The van der Waals surface area contributed by atoms with Gasteiger partial charge in [0.1, 0.15) is 12.1 Å². The number of aromatic nitrogens is 4. The maximum Gasteiger partial charge on any atom is 0.254 e. The van der Waals surface area contributed by atoms with E-state index in [1.54, 1.807) is 13.3 Å². The minimum absolute atomic E-state index is 0.191. The lowest BCUT2D eigenvalue weighted by molar-refractivity contribution is -0.129. The molecule has 7 nitrogen and oxygen atoms in total. The molecule has 2 aromatic rings. The molecule has 2 aliphatic heterocycles. The third kappa shape index (κ3) is 2.34. The normalized spacial score (nSPS) is 24.8. The first kappa shape index (κ1) is 14.4. The van der Waals surface area contributed by atoms with Crippen molar-refractivity contribution in [3.8, 4) is 0 Å². The third-order valence-corrected chi connectivity index (χ3v) is 5.10. The second-order valence-electron chi connectivity index (χ2n) is 6.55. The number of carbonyl (C=O) groups is 1. The molecule has 2 aromatic heterocycles. The highest BCUT2D eigenvalue weighted by atomic mass is 16.2. The van der Waals surface area contributed by atoms with Crippen LogP contribution < -0.4 is 4.90 Å². The van der Waals surface area contributed by atoms with Crippen LogP contribution in [-0.2, 0) is 4.79 Å². The topological polar surface area (TPSA) is 66.6 Å². The maximum atomic E-state index is 12.0. The first-order valence-electron chi connectivity index (χ1n) is 8.36. The van der Waals surface area contributed by atoms with Gasteiger partial charge in [0, 0.05) is 31.8 Å². The van der Waals surface area contributed by atoms with Gasteiger partial charge in [-0.15, -0.1) is 0 Å². The number of hydrogen-bond donors (Lipinski definition) is 0. The van der Waals surface area contributed by atoms with E-state index < -0.39 is 0 Å². The molecule has 0 spiro atoms. The van der Waals surface area contributed by atoms with Gasteiger partial charge in [-0.05, 0) is 32.6 Å². The lowest BCUT2D eigenvalue weighted by Crippen LogP contribution is -2.48. The molecule has 2 saturated heterocycles. The number of amides is 1. The number of hydrogen-bond acceptors (Lipinski definition) is 5. The second kappa shape index (κ2) is 5.47. The van der Waals surface area contributed by atoms with Crippen LogP contribution in [0.4, 0.5) is 5.82 Å². The Morgan fingerprint density at radius 2 is 2.00 bits per heavy atom. The van der Waals surface area contributed by atoms with Crippen LogP contribution >= 0.6 is 0 Å². The molecule has 0 aliphatic carbocycles. The highest BCUT2D eigenvalue weighted by molar-refractivity contribution is 5.74. The van der Waals surface area contributed by atoms with Gasteiger partial charge in [-0.1, -0.05) is 0 Å². The molecule has 7 heteroatoms. The predicted molar refractivity (Wildman–Crippen MR) is 86.3 cm³/mol. The number of rotatable bonds is 2. The Labute approximate surface area is 135 Å². The highest BCUT2D eigenvalue weighted by Crippen LogP contribution is 2.33. The fourth-order valence-corrected chi connectivity index (χ4v) is 4.18. The number of anilines is 1. The fourth-order valence-electron chi connectivity index (χ4n) is 4.18. The summed E-state index contributed by atoms with van der Waals surface area (Å²) in [6.07, 6.45) is 6.00. The molecule has 0 N–H and O–H groups in total. The van der Waals surface area contributed by atoms with Crippen molar-refractivity contribution in [1.29, 1.82) is 0 Å². The van der Waals surface area contributed by atoms with Crippen molar-refractivity contribution in [2.24, 2.45) is 0 Å². The number of aryl methyl sites for hydroxylation is 1. The van der Waals surface area contributed by atoms with Crippen LogP contribution in [0.25, 0.3) is 5.78 Å². The largest absolute Gasteiger partial charge is 0.351 e. The van der Waals surface area contributed by atoms with Crippen molar-refractivity contribution < 1.29 is 4.79 Å². The summed E-state index contributed by atoms with van der Waals surface area (Å²) >= 11 is 0. The fraction of sp³-hybridized carbons (Fsp3) is 0.625. The number of nitrogens with zero attached hydrogens (tertiary/aromatic N) is 6. The van der Waals surface area contributed by atoms with E-state index in [-0.39, 0.29) is 5.91 Å². The van der Waals surface area contributed by atoms with Crippen LogP contribution in [0.3, 0.4) is 0 Å². The Hall–Kier alpha value is -2.18. The van der Waals surface area contributed by atoms with E-state index >= 15 is 0 Å². The number of fused-ring (bicyclic) bond motifs is 1. The zero-order valence-corrected chi connectivity index (χ0v) is 13.6. The summed E-state index contributed by atoms with van der Waals surface area (Å²) in [5, 5.41) is 4.34. The molecule has 0 aromatic carbocycles. The lowest BCUT2D eigenvalue weighted by Gasteiger charge is -2.35. The molecule has 0 bridgehead atoms. The Bertz CT molecular complexity index is 741. The molecule has 0 unspecified atom stereocenters. The van der Waals surface area contributed by atoms with Gasteiger partial charge < -0.3 is 9.80 Å². The van der Waals surface area contributed by atoms with Gasteiger partial charge in [0.05, 0.1) is 12.1 Å². The van der Waals surface area contributed by atoms with Crippen molar-refractivity contribution in [2.75, 3.05) is 18.0 Å². The average Bonchev–Trinajstić information content (AvgIpc) is 3.24. The van der Waals surface area contributed by atoms with Crippen LogP contribution in [0.2, 0.25) is 0 Å². The zero-order chi connectivity index (χ0) is 16.0. The minimum Gasteiger partial charge on any atom is -0.351 e. The zero-order valence-electron chi connectivity index (χ0n) is 13.6. The number of likely N-dealkylation sites (tertiary alicyclic amines) is 1. The molecule has 122 valence electrons. The van der Waals surface area contributed by atoms with E-state index in [0.717, 1.165) is 50.3 Å². The van der Waals surface area contributed by atoms with Gasteiger partial charge in [-0.2, -0.15) is 14.6 Å². The van der Waals surface area contributed by atoms with Crippen molar-refractivity contribution in [3.05, 3.63) is 18.1 Å². The molecular weight excluding hydrogens is 292 g/mol. The Balaban J connectivity index is 1.72. The molecule has 0 saturated carbocycles. The molecule has 23 heavy (non-hydrogen) atoms. The molecular formula is C16H22N6O. The minimum atomic E-state index is 0.191. The highest BCUT2D eigenvalue weighted by Gasteiger charge is 2.39. The molecule has 0 radical (unpaired) electrons. The Kier molecular flexibility index (Phi) is 3.43. The van der Waals surface area contributed by atoms with E-state index in [9.17, 15) is 4.79 Å². The van der Waals surface area contributed by atoms with Gasteiger partial charge in [-0.3, -0.25) is 4.79 Å². The van der Waals surface area contributed by atoms with Gasteiger partial charge in [0.25, 0.3) is 5.78 Å². The lowest BCUT2D eigenvalue weighted by atomic mass is 10.0. The van der Waals surface area contributed by atoms with E-state index in [4.69, 9.17) is 0 Å². The summed E-state index contributed by atoms with van der Waals surface area (Å²) in [7, 11) is 0. The predicted octanol–water partition coefficient (Wildman–Crippen LogP) is 1.41. The van der Waals surface area contributed by atoms with Crippen LogP contribution in [0, 0.1) is 6.92 Å². The monoisotopic (exact) mass is 314 g/mol. The van der Waals surface area contributed by atoms with Crippen molar-refractivity contribution in [2.45, 2.75) is 51.6 Å². The standard InChI is InChI=1S/C16H22N6O/c1-11-9-15(22-16(19-11)17-10-18-22)21-8-4-6-14(21)13-5-3-7-20(13)12(2)23/h9-10,13-14H,3-8H2,1-2H3/t13-,14-/m1/s1. The van der Waals surface area contributed by atoms with E-state index in [0.29, 0.717) is 17.9 Å². The summed E-state index contributed by atoms with van der Waals surface area (Å²) in [6.45, 7) is 5.55. The van der Waals surface area contributed by atoms with Gasteiger partial charge in [-0.25, -0.2) is 4.98 Å². The smallest absolute Gasteiger partial charge is 0.254 e. The van der Waals surface area contributed by atoms with E-state index in [2.05, 4.69) is 30.9 Å². The molecule has 2 aliphatic rings. The maximum absolute atomic E-state index is 12.0. The third-order valence-electron chi connectivity index (χ3n) is 5.10. The Morgan fingerprint density at radius 3 is 2.83 bits per heavy atom. The average molecular weight is 314 g/mol. The van der Waals surface area contributed by atoms with Crippen LogP contribution in [0.15, 0.2) is 12.4 Å². The first-order chi connectivity index (χ1) is 11.1. The summed E-state index contributed by atoms with van der Waals surface area (Å²) < 4.78 is 1.82. The van der Waals surface area contributed by atoms with Crippen molar-refractivity contribution in [3.63, 3.8) is 0 Å². The SMILES string of the molecule is CC(=O)N1CCC[C@@H]1[C@H]1CCCN1c1cc(C)nc2ncnn12. The van der Waals surface area contributed by atoms with Crippen LogP contribution in [0.5, 0.6) is 0 Å². The van der Waals surface area contributed by atoms with E-state index in [1.807, 2.05) is 11.4 Å². The summed E-state index contributed by atoms with van der Waals surface area (Å²) in [5.41, 5.74) is 0.945. The Morgan fingerprint density at radius 1 is 1.22 bits per heavy atom. The first-order valence-corrected chi connectivity index (χ1v) is 8.36. The quantitative estimate of drug-likeness (QED) is 0.838. The van der Waals surface area contributed by atoms with E-state index in [1.165, 1.54) is 0 Å². The van der Waals surface area contributed by atoms with Gasteiger partial charge in [0.2, 0.25) is 5.91 Å². The van der Waals surface area contributed by atoms with Gasteiger partial charge in [0.15, 0.2) is 0 Å². The summed E-state index contributed by atoms with van der Waals surface area (Å²) in [4.78, 5) is 25.1. The van der Waals surface area contributed by atoms with Crippen LogP contribution in [0.1, 0.15) is 38.3 Å². The summed E-state index contributed by atoms with van der Waals surface area (Å²) in [6, 6.07) is 2.74. The second-order valence-corrected chi connectivity index (χ2v) is 6.55. The molecule has 2 atom stereocenters. The molecule has 2 fully saturated rings. The summed E-state index contributed by atoms with van der Waals surface area (Å²) in [5.74, 6) is 1.87. The van der Waals surface area contributed by atoms with Crippen LogP contribution in [-0.4, -0.2) is 55.6 Å².